The van der Waals surface area contributed by atoms with E-state index in [4.69, 9.17) is 4.74 Å². The third-order valence-electron chi connectivity index (χ3n) is 4.82. The summed E-state index contributed by atoms with van der Waals surface area (Å²) in [5.41, 5.74) is -0.204. The number of nitrogens with zero attached hydrogens (tertiary/aromatic N) is 2. The molecule has 0 aliphatic rings. The SMILES string of the molecule is O=C(Cn1cnc(-c2ccc(C(F)(F)F)cc2)cc1=O)Nc1ccc(Oc2ccccc2)cc1. The Morgan fingerprint density at radius 1 is 0.912 bits per heavy atom. The Kier molecular flexibility index (Phi) is 6.44. The van der Waals surface area contributed by atoms with Gasteiger partial charge in [-0.25, -0.2) is 4.98 Å². The number of nitrogens with one attached hydrogen (secondary N) is 1. The summed E-state index contributed by atoms with van der Waals surface area (Å²) in [5.74, 6) is 0.845. The molecule has 3 aromatic carbocycles. The standard InChI is InChI=1S/C25H18F3N3O3/c26-25(27,28)18-8-6-17(7-9-18)22-14-24(33)31(16-29-22)15-23(32)30-19-10-12-21(13-11-19)34-20-4-2-1-3-5-20/h1-14,16H,15H2,(H,30,32). The molecule has 4 rings (SSSR count). The van der Waals surface area contributed by atoms with Gasteiger partial charge >= 0.3 is 6.18 Å². The second-order valence-electron chi connectivity index (χ2n) is 7.30. The highest BCUT2D eigenvalue weighted by molar-refractivity contribution is 5.90. The van der Waals surface area contributed by atoms with Gasteiger partial charge in [0.25, 0.3) is 5.56 Å². The molecule has 6 nitrogen and oxygen atoms in total. The molecule has 1 amide bonds. The van der Waals surface area contributed by atoms with Gasteiger partial charge in [0.2, 0.25) is 5.91 Å². The van der Waals surface area contributed by atoms with Crippen LogP contribution in [0.1, 0.15) is 5.56 Å². The second kappa shape index (κ2) is 9.62. The van der Waals surface area contributed by atoms with Gasteiger partial charge in [-0.05, 0) is 48.5 Å². The van der Waals surface area contributed by atoms with Crippen molar-refractivity contribution in [2.75, 3.05) is 5.32 Å². The molecule has 9 heteroatoms. The molecule has 1 N–H and O–H groups in total. The van der Waals surface area contributed by atoms with Gasteiger partial charge in [0, 0.05) is 17.3 Å². The van der Waals surface area contributed by atoms with Gasteiger partial charge in [0.1, 0.15) is 18.0 Å². The molecule has 0 atom stereocenters. The summed E-state index contributed by atoms with van der Waals surface area (Å²) >= 11 is 0. The average molecular weight is 465 g/mol. The molecular weight excluding hydrogens is 447 g/mol. The number of hydrogen-bond acceptors (Lipinski definition) is 4. The van der Waals surface area contributed by atoms with E-state index in [0.29, 0.717) is 22.7 Å². The number of halogens is 3. The molecule has 0 spiro atoms. The molecule has 0 fully saturated rings. The van der Waals surface area contributed by atoms with Crippen LogP contribution in [0.3, 0.4) is 0 Å². The number of amides is 1. The lowest BCUT2D eigenvalue weighted by Gasteiger charge is -2.10. The molecule has 0 saturated carbocycles. The Morgan fingerprint density at radius 2 is 1.56 bits per heavy atom. The third-order valence-corrected chi connectivity index (χ3v) is 4.82. The molecule has 0 bridgehead atoms. The van der Waals surface area contributed by atoms with Crippen LogP contribution in [0.2, 0.25) is 0 Å². The maximum atomic E-state index is 12.7. The number of carbonyl (C=O) groups excluding carboxylic acids is 1. The molecule has 1 heterocycles. The van der Waals surface area contributed by atoms with Crippen molar-refractivity contribution in [2.24, 2.45) is 0 Å². The van der Waals surface area contributed by atoms with E-state index < -0.39 is 23.2 Å². The molecule has 4 aromatic rings. The van der Waals surface area contributed by atoms with Crippen molar-refractivity contribution in [3.05, 3.63) is 107 Å². The van der Waals surface area contributed by atoms with Crippen molar-refractivity contribution < 1.29 is 22.7 Å². The molecular formula is C25H18F3N3O3. The molecule has 0 aliphatic heterocycles. The van der Waals surface area contributed by atoms with Gasteiger partial charge in [-0.3, -0.25) is 14.2 Å². The van der Waals surface area contributed by atoms with Gasteiger partial charge in [-0.1, -0.05) is 30.3 Å². The molecule has 0 radical (unpaired) electrons. The van der Waals surface area contributed by atoms with Crippen molar-refractivity contribution in [3.63, 3.8) is 0 Å². The first kappa shape index (κ1) is 22.8. The molecule has 0 aliphatic carbocycles. The van der Waals surface area contributed by atoms with Crippen molar-refractivity contribution >= 4 is 11.6 Å². The van der Waals surface area contributed by atoms with Crippen molar-refractivity contribution in [2.45, 2.75) is 12.7 Å². The first-order valence-electron chi connectivity index (χ1n) is 10.1. The lowest BCUT2D eigenvalue weighted by Crippen LogP contribution is -2.27. The number of rotatable bonds is 6. The Hall–Kier alpha value is -4.40. The zero-order valence-electron chi connectivity index (χ0n) is 17.6. The summed E-state index contributed by atoms with van der Waals surface area (Å²) in [6.07, 6.45) is -3.26. The topological polar surface area (TPSA) is 73.2 Å². The monoisotopic (exact) mass is 465 g/mol. The van der Waals surface area contributed by atoms with E-state index in [0.717, 1.165) is 16.7 Å². The third kappa shape index (κ3) is 5.69. The number of ether oxygens (including phenoxy) is 1. The van der Waals surface area contributed by atoms with Crippen LogP contribution in [0.5, 0.6) is 11.5 Å². The Bertz CT molecular complexity index is 1330. The first-order valence-corrected chi connectivity index (χ1v) is 10.1. The minimum absolute atomic E-state index is 0.212. The average Bonchev–Trinajstić information content (AvgIpc) is 2.82. The fourth-order valence-electron chi connectivity index (χ4n) is 3.12. The lowest BCUT2D eigenvalue weighted by molar-refractivity contribution is -0.137. The van der Waals surface area contributed by atoms with E-state index in [-0.39, 0.29) is 12.2 Å². The van der Waals surface area contributed by atoms with Gasteiger partial charge in [-0.15, -0.1) is 0 Å². The van der Waals surface area contributed by atoms with Crippen LogP contribution in [0.25, 0.3) is 11.3 Å². The van der Waals surface area contributed by atoms with E-state index >= 15 is 0 Å². The van der Waals surface area contributed by atoms with Gasteiger partial charge in [0.05, 0.1) is 17.6 Å². The maximum absolute atomic E-state index is 12.7. The van der Waals surface area contributed by atoms with Crippen LogP contribution in [0, 0.1) is 0 Å². The minimum Gasteiger partial charge on any atom is -0.457 e. The van der Waals surface area contributed by atoms with E-state index in [9.17, 15) is 22.8 Å². The summed E-state index contributed by atoms with van der Waals surface area (Å²) in [5, 5.41) is 2.69. The lowest BCUT2D eigenvalue weighted by atomic mass is 10.1. The number of anilines is 1. The summed E-state index contributed by atoms with van der Waals surface area (Å²) < 4.78 is 44.9. The van der Waals surface area contributed by atoms with Gasteiger partial charge < -0.3 is 10.1 Å². The van der Waals surface area contributed by atoms with E-state index in [1.807, 2.05) is 30.3 Å². The maximum Gasteiger partial charge on any atom is 0.416 e. The number of carbonyl (C=O) groups is 1. The molecule has 1 aromatic heterocycles. The van der Waals surface area contributed by atoms with Crippen molar-refractivity contribution in [1.82, 2.24) is 9.55 Å². The fourth-order valence-corrected chi connectivity index (χ4v) is 3.12. The van der Waals surface area contributed by atoms with Crippen LogP contribution in [0.15, 0.2) is 96.1 Å². The summed E-state index contributed by atoms with van der Waals surface area (Å²) in [6.45, 7) is -0.276. The van der Waals surface area contributed by atoms with Crippen LogP contribution >= 0.6 is 0 Å². The Morgan fingerprint density at radius 3 is 2.18 bits per heavy atom. The van der Waals surface area contributed by atoms with Crippen LogP contribution in [-0.2, 0) is 17.5 Å². The quantitative estimate of drug-likeness (QED) is 0.416. The molecule has 34 heavy (non-hydrogen) atoms. The highest BCUT2D eigenvalue weighted by Crippen LogP contribution is 2.30. The normalized spacial score (nSPS) is 11.1. The second-order valence-corrected chi connectivity index (χ2v) is 7.30. The highest BCUT2D eigenvalue weighted by Gasteiger charge is 2.30. The van der Waals surface area contributed by atoms with E-state index in [1.54, 1.807) is 24.3 Å². The van der Waals surface area contributed by atoms with Crippen LogP contribution < -0.4 is 15.6 Å². The summed E-state index contributed by atoms with van der Waals surface area (Å²) in [7, 11) is 0. The zero-order valence-corrected chi connectivity index (χ0v) is 17.6. The Labute approximate surface area is 192 Å². The summed E-state index contributed by atoms with van der Waals surface area (Å²) in [4.78, 5) is 28.9. The fraction of sp³-hybridized carbons (Fsp3) is 0.0800. The van der Waals surface area contributed by atoms with Gasteiger partial charge in [0.15, 0.2) is 0 Å². The summed E-state index contributed by atoms with van der Waals surface area (Å²) in [6, 6.07) is 21.5. The first-order chi connectivity index (χ1) is 16.3. The van der Waals surface area contributed by atoms with Crippen molar-refractivity contribution in [1.29, 1.82) is 0 Å². The number of hydrogen-bond donors (Lipinski definition) is 1. The highest BCUT2D eigenvalue weighted by atomic mass is 19.4. The number of para-hydroxylation sites is 1. The van der Waals surface area contributed by atoms with E-state index in [1.165, 1.54) is 24.5 Å². The smallest absolute Gasteiger partial charge is 0.416 e. The van der Waals surface area contributed by atoms with Gasteiger partial charge in [-0.2, -0.15) is 13.2 Å². The molecule has 0 unspecified atom stereocenters. The van der Waals surface area contributed by atoms with E-state index in [2.05, 4.69) is 10.3 Å². The predicted molar refractivity (Wildman–Crippen MR) is 121 cm³/mol. The zero-order chi connectivity index (χ0) is 24.1. The van der Waals surface area contributed by atoms with Crippen LogP contribution in [0.4, 0.5) is 18.9 Å². The molecule has 0 saturated heterocycles. The van der Waals surface area contributed by atoms with Crippen LogP contribution in [-0.4, -0.2) is 15.5 Å². The van der Waals surface area contributed by atoms with Crippen molar-refractivity contribution in [3.8, 4) is 22.8 Å². The molecule has 172 valence electrons. The largest absolute Gasteiger partial charge is 0.457 e. The number of aromatic nitrogens is 2. The minimum atomic E-state index is -4.45. The Balaban J connectivity index is 1.38. The number of alkyl halides is 3. The number of benzene rings is 3. The predicted octanol–water partition coefficient (Wildman–Crippen LogP) is 5.36.